The Kier molecular flexibility index (Phi) is 6.51. The average Bonchev–Trinajstić information content (AvgIpc) is 3.42. The van der Waals surface area contributed by atoms with E-state index in [4.69, 9.17) is 11.6 Å². The number of tetrazole rings is 1. The van der Waals surface area contributed by atoms with Crippen molar-refractivity contribution >= 4 is 22.9 Å². The Balaban J connectivity index is 1.83. The lowest BCUT2D eigenvalue weighted by molar-refractivity contribution is 0.187. The van der Waals surface area contributed by atoms with Gasteiger partial charge in [0.2, 0.25) is 0 Å². The topological polar surface area (TPSA) is 46.8 Å². The summed E-state index contributed by atoms with van der Waals surface area (Å²) in [5.41, 5.74) is 2.11. The fraction of sp³-hybridized carbons (Fsp3) is 0.292. The van der Waals surface area contributed by atoms with Crippen LogP contribution in [0.5, 0.6) is 0 Å². The summed E-state index contributed by atoms with van der Waals surface area (Å²) in [6, 6.07) is 22.7. The molecule has 0 amide bonds. The van der Waals surface area contributed by atoms with Crippen molar-refractivity contribution in [2.24, 2.45) is 0 Å². The van der Waals surface area contributed by atoms with Gasteiger partial charge in [0.05, 0.1) is 11.6 Å². The predicted octanol–water partition coefficient (Wildman–Crippen LogP) is 5.93. The molecular weight excluding hydrogens is 426 g/mol. The van der Waals surface area contributed by atoms with Crippen molar-refractivity contribution in [1.29, 1.82) is 0 Å². The highest BCUT2D eigenvalue weighted by atomic mass is 35.5. The van der Waals surface area contributed by atoms with Crippen LogP contribution in [-0.2, 0) is 18.6 Å². The normalized spacial score (nSPS) is 12.9. The van der Waals surface area contributed by atoms with Crippen LogP contribution < -0.4 is 0 Å². The Morgan fingerprint density at radius 1 is 0.968 bits per heavy atom. The molecule has 0 aliphatic rings. The van der Waals surface area contributed by atoms with Gasteiger partial charge < -0.3 is 0 Å². The highest BCUT2D eigenvalue weighted by Crippen LogP contribution is 2.33. The number of benzene rings is 2. The molecule has 0 fully saturated rings. The maximum atomic E-state index is 6.21. The van der Waals surface area contributed by atoms with Gasteiger partial charge in [0.15, 0.2) is 5.82 Å². The maximum Gasteiger partial charge on any atom is 0.173 e. The molecule has 1 unspecified atom stereocenters. The van der Waals surface area contributed by atoms with Crippen molar-refractivity contribution in [3.8, 4) is 0 Å². The molecule has 2 aromatic heterocycles. The first-order valence-electron chi connectivity index (χ1n) is 10.3. The van der Waals surface area contributed by atoms with E-state index < -0.39 is 0 Å². The van der Waals surface area contributed by atoms with Gasteiger partial charge in [0.1, 0.15) is 0 Å². The zero-order valence-electron chi connectivity index (χ0n) is 17.9. The van der Waals surface area contributed by atoms with Crippen LogP contribution in [-0.4, -0.2) is 25.1 Å². The second-order valence-corrected chi connectivity index (χ2v) is 10.0. The van der Waals surface area contributed by atoms with E-state index in [2.05, 4.69) is 95.1 Å². The lowest BCUT2D eigenvalue weighted by atomic mass is 10.0. The van der Waals surface area contributed by atoms with E-state index in [1.54, 1.807) is 11.3 Å². The van der Waals surface area contributed by atoms with Crippen LogP contribution in [0.4, 0.5) is 0 Å². The second kappa shape index (κ2) is 9.30. The minimum Gasteiger partial charge on any atom is -0.280 e. The van der Waals surface area contributed by atoms with Gasteiger partial charge in [0, 0.05) is 23.0 Å². The zero-order chi connectivity index (χ0) is 21.8. The van der Waals surface area contributed by atoms with Gasteiger partial charge >= 0.3 is 0 Å². The Hall–Kier alpha value is -2.54. The van der Waals surface area contributed by atoms with Gasteiger partial charge in [0.25, 0.3) is 0 Å². The smallest absolute Gasteiger partial charge is 0.173 e. The van der Waals surface area contributed by atoms with Crippen molar-refractivity contribution in [2.75, 3.05) is 0 Å². The van der Waals surface area contributed by atoms with Crippen molar-refractivity contribution < 1.29 is 0 Å². The molecule has 0 aliphatic heterocycles. The SMILES string of the molecule is CC(C)(C)n1nnnc1C(c1ccc(Cl)cc1)N(Cc1ccccc1)Cc1cccs1. The molecule has 2 aromatic carbocycles. The van der Waals surface area contributed by atoms with Gasteiger partial charge in [-0.1, -0.05) is 60.1 Å². The summed E-state index contributed by atoms with van der Waals surface area (Å²) in [7, 11) is 0. The lowest BCUT2D eigenvalue weighted by Crippen LogP contribution is -2.34. The molecule has 0 N–H and O–H groups in total. The number of hydrogen-bond acceptors (Lipinski definition) is 5. The van der Waals surface area contributed by atoms with E-state index >= 15 is 0 Å². The monoisotopic (exact) mass is 451 g/mol. The van der Waals surface area contributed by atoms with Crippen LogP contribution in [0, 0.1) is 0 Å². The van der Waals surface area contributed by atoms with Gasteiger partial charge in [-0.05, 0) is 65.9 Å². The molecule has 1 atom stereocenters. The van der Waals surface area contributed by atoms with E-state index in [-0.39, 0.29) is 11.6 Å². The third-order valence-electron chi connectivity index (χ3n) is 5.09. The number of halogens is 1. The van der Waals surface area contributed by atoms with Crippen molar-refractivity contribution in [1.82, 2.24) is 25.1 Å². The molecule has 160 valence electrons. The molecule has 0 radical (unpaired) electrons. The minimum atomic E-state index is -0.245. The van der Waals surface area contributed by atoms with Crippen molar-refractivity contribution in [2.45, 2.75) is 45.4 Å². The van der Waals surface area contributed by atoms with Crippen LogP contribution in [0.1, 0.15) is 48.6 Å². The van der Waals surface area contributed by atoms with E-state index in [9.17, 15) is 0 Å². The van der Waals surface area contributed by atoms with E-state index in [1.165, 1.54) is 10.4 Å². The first-order valence-corrected chi connectivity index (χ1v) is 11.5. The Bertz CT molecular complexity index is 1090. The molecule has 4 aromatic rings. The standard InChI is InChI=1S/C24H26ClN5S/c1-24(2,3)30-23(26-27-28-30)22(19-11-13-20(25)14-12-19)29(17-21-10-7-15-31-21)16-18-8-5-4-6-9-18/h4-15,22H,16-17H2,1-3H3. The summed E-state index contributed by atoms with van der Waals surface area (Å²) >= 11 is 7.97. The van der Waals surface area contributed by atoms with Crippen LogP contribution in [0.3, 0.4) is 0 Å². The van der Waals surface area contributed by atoms with E-state index in [0.717, 1.165) is 24.5 Å². The molecule has 31 heavy (non-hydrogen) atoms. The molecule has 2 heterocycles. The first-order chi connectivity index (χ1) is 14.9. The van der Waals surface area contributed by atoms with Crippen molar-refractivity contribution in [3.63, 3.8) is 0 Å². The maximum absolute atomic E-state index is 6.21. The molecule has 0 bridgehead atoms. The van der Waals surface area contributed by atoms with Crippen LogP contribution >= 0.6 is 22.9 Å². The summed E-state index contributed by atoms with van der Waals surface area (Å²) in [5.74, 6) is 0.822. The second-order valence-electron chi connectivity index (χ2n) is 8.54. The summed E-state index contributed by atoms with van der Waals surface area (Å²) in [6.45, 7) is 7.91. The molecule has 0 saturated heterocycles. The number of thiophene rings is 1. The van der Waals surface area contributed by atoms with Crippen molar-refractivity contribution in [3.05, 3.63) is 99.0 Å². The zero-order valence-corrected chi connectivity index (χ0v) is 19.5. The fourth-order valence-electron chi connectivity index (χ4n) is 3.67. The van der Waals surface area contributed by atoms with E-state index in [1.807, 2.05) is 22.9 Å². The van der Waals surface area contributed by atoms with Gasteiger partial charge in [-0.2, -0.15) is 0 Å². The summed E-state index contributed by atoms with van der Waals surface area (Å²) in [5, 5.41) is 15.7. The van der Waals surface area contributed by atoms with Gasteiger partial charge in [-0.15, -0.1) is 16.4 Å². The molecule has 4 rings (SSSR count). The molecule has 0 saturated carbocycles. The fourth-order valence-corrected chi connectivity index (χ4v) is 4.53. The van der Waals surface area contributed by atoms with Crippen LogP contribution in [0.25, 0.3) is 0 Å². The van der Waals surface area contributed by atoms with E-state index in [0.29, 0.717) is 5.02 Å². The molecule has 0 spiro atoms. The minimum absolute atomic E-state index is 0.131. The summed E-state index contributed by atoms with van der Waals surface area (Å²) < 4.78 is 1.93. The highest BCUT2D eigenvalue weighted by molar-refractivity contribution is 7.09. The highest BCUT2D eigenvalue weighted by Gasteiger charge is 2.31. The van der Waals surface area contributed by atoms with Gasteiger partial charge in [-0.3, -0.25) is 4.90 Å². The van der Waals surface area contributed by atoms with Crippen LogP contribution in [0.15, 0.2) is 72.1 Å². The quantitative estimate of drug-likeness (QED) is 0.349. The Morgan fingerprint density at radius 2 is 1.71 bits per heavy atom. The predicted molar refractivity (Wildman–Crippen MR) is 126 cm³/mol. The Labute approximate surface area is 192 Å². The molecule has 5 nitrogen and oxygen atoms in total. The Morgan fingerprint density at radius 3 is 2.35 bits per heavy atom. The van der Waals surface area contributed by atoms with Gasteiger partial charge in [-0.25, -0.2) is 4.68 Å². The average molecular weight is 452 g/mol. The third-order valence-corrected chi connectivity index (χ3v) is 6.21. The molecule has 0 aliphatic carbocycles. The summed E-state index contributed by atoms with van der Waals surface area (Å²) in [4.78, 5) is 3.72. The number of hydrogen-bond donors (Lipinski definition) is 0. The summed E-state index contributed by atoms with van der Waals surface area (Å²) in [6.07, 6.45) is 0. The third kappa shape index (κ3) is 5.21. The number of rotatable bonds is 7. The molecule has 7 heteroatoms. The largest absolute Gasteiger partial charge is 0.280 e. The van der Waals surface area contributed by atoms with Crippen LogP contribution in [0.2, 0.25) is 5.02 Å². The lowest BCUT2D eigenvalue weighted by Gasteiger charge is -2.33. The number of aromatic nitrogens is 4. The first kappa shape index (κ1) is 21.7. The number of nitrogens with zero attached hydrogens (tertiary/aromatic N) is 5. The molecular formula is C24H26ClN5S.